The van der Waals surface area contributed by atoms with Gasteiger partial charge in [0.15, 0.2) is 6.61 Å². The van der Waals surface area contributed by atoms with Crippen molar-refractivity contribution in [2.24, 2.45) is 0 Å². The lowest BCUT2D eigenvalue weighted by Gasteiger charge is -2.09. The zero-order valence-electron chi connectivity index (χ0n) is 15.1. The van der Waals surface area contributed by atoms with Crippen LogP contribution in [0.15, 0.2) is 73.1 Å². The molecule has 7 nitrogen and oxygen atoms in total. The van der Waals surface area contributed by atoms with Crippen molar-refractivity contribution in [2.45, 2.75) is 4.21 Å². The second-order valence-corrected chi connectivity index (χ2v) is 10.5. The molecule has 2 N–H and O–H groups in total. The van der Waals surface area contributed by atoms with E-state index in [0.717, 1.165) is 15.8 Å². The number of anilines is 2. The number of nitrogens with one attached hydrogen (secondary N) is 2. The average Bonchev–Trinajstić information content (AvgIpc) is 3.24. The highest BCUT2D eigenvalue weighted by atomic mass is 79.9. The fourth-order valence-corrected chi connectivity index (χ4v) is 5.49. The molecular weight excluding hydrogens is 560 g/mol. The molecule has 0 aliphatic carbocycles. The van der Waals surface area contributed by atoms with Gasteiger partial charge in [-0.2, -0.15) is 0 Å². The summed E-state index contributed by atoms with van der Waals surface area (Å²) < 4.78 is 33.6. The number of sulfonamides is 1. The monoisotopic (exact) mass is 572 g/mol. The van der Waals surface area contributed by atoms with Crippen LogP contribution in [0.3, 0.4) is 0 Å². The number of hydrogen-bond acceptors (Lipinski definition) is 6. The fraction of sp³-hybridized carbons (Fsp3) is 0.0526. The molecule has 1 aromatic heterocycles. The number of carbonyl (C=O) groups excluding carboxylic acids is 2. The molecule has 0 aliphatic heterocycles. The SMILES string of the molecule is O=C(COC(=O)c1ccc(NS(=O)(=O)c2cccs2)cc1)Nc1ccc(Br)cc1Br. The van der Waals surface area contributed by atoms with Gasteiger partial charge >= 0.3 is 5.97 Å². The van der Waals surface area contributed by atoms with E-state index in [4.69, 9.17) is 4.74 Å². The minimum atomic E-state index is -3.67. The molecule has 0 fully saturated rings. The van der Waals surface area contributed by atoms with E-state index >= 15 is 0 Å². The van der Waals surface area contributed by atoms with Gasteiger partial charge in [0.1, 0.15) is 4.21 Å². The van der Waals surface area contributed by atoms with Gasteiger partial charge < -0.3 is 10.1 Å². The van der Waals surface area contributed by atoms with Crippen LogP contribution in [0.5, 0.6) is 0 Å². The van der Waals surface area contributed by atoms with Crippen molar-refractivity contribution in [3.63, 3.8) is 0 Å². The van der Waals surface area contributed by atoms with Crippen molar-refractivity contribution < 1.29 is 22.7 Å². The summed E-state index contributed by atoms with van der Waals surface area (Å²) in [6, 6.07) is 14.1. The highest BCUT2D eigenvalue weighted by Gasteiger charge is 2.16. The zero-order chi connectivity index (χ0) is 21.7. The molecule has 0 radical (unpaired) electrons. The summed E-state index contributed by atoms with van der Waals surface area (Å²) in [4.78, 5) is 24.2. The largest absolute Gasteiger partial charge is 0.452 e. The van der Waals surface area contributed by atoms with Crippen LogP contribution in [0.4, 0.5) is 11.4 Å². The molecular formula is C19H14Br2N2O5S2. The first-order valence-corrected chi connectivity index (χ1v) is 12.3. The van der Waals surface area contributed by atoms with Gasteiger partial charge in [0.2, 0.25) is 0 Å². The third-order valence-corrected chi connectivity index (χ3v) is 7.60. The Morgan fingerprint density at radius 1 is 1.03 bits per heavy atom. The lowest BCUT2D eigenvalue weighted by Crippen LogP contribution is -2.21. The molecule has 0 saturated heterocycles. The zero-order valence-corrected chi connectivity index (χ0v) is 19.9. The average molecular weight is 574 g/mol. The lowest BCUT2D eigenvalue weighted by molar-refractivity contribution is -0.119. The third-order valence-electron chi connectivity index (χ3n) is 3.67. The molecule has 0 atom stereocenters. The number of ether oxygens (including phenoxy) is 1. The van der Waals surface area contributed by atoms with Gasteiger partial charge in [-0.05, 0) is 69.8 Å². The Labute approximate surface area is 193 Å². The van der Waals surface area contributed by atoms with Crippen LogP contribution < -0.4 is 10.0 Å². The van der Waals surface area contributed by atoms with E-state index in [0.29, 0.717) is 15.8 Å². The van der Waals surface area contributed by atoms with Gasteiger partial charge in [-0.3, -0.25) is 9.52 Å². The minimum absolute atomic E-state index is 0.187. The number of thiophene rings is 1. The first kappa shape index (κ1) is 22.5. The molecule has 0 saturated carbocycles. The van der Waals surface area contributed by atoms with E-state index in [-0.39, 0.29) is 9.77 Å². The van der Waals surface area contributed by atoms with Crippen molar-refractivity contribution in [3.8, 4) is 0 Å². The van der Waals surface area contributed by atoms with Crippen molar-refractivity contribution >= 4 is 76.5 Å². The molecule has 1 amide bonds. The topological polar surface area (TPSA) is 102 Å². The van der Waals surface area contributed by atoms with Crippen LogP contribution in [0, 0.1) is 0 Å². The fourth-order valence-electron chi connectivity index (χ4n) is 2.29. The van der Waals surface area contributed by atoms with E-state index in [1.165, 1.54) is 30.3 Å². The molecule has 11 heteroatoms. The van der Waals surface area contributed by atoms with Crippen molar-refractivity contribution in [3.05, 3.63) is 74.5 Å². The second kappa shape index (κ2) is 9.73. The van der Waals surface area contributed by atoms with Crippen molar-refractivity contribution in [2.75, 3.05) is 16.6 Å². The Kier molecular flexibility index (Phi) is 7.29. The van der Waals surface area contributed by atoms with E-state index in [2.05, 4.69) is 41.9 Å². The summed E-state index contributed by atoms with van der Waals surface area (Å²) in [7, 11) is -3.67. The maximum absolute atomic E-state index is 12.2. The van der Waals surface area contributed by atoms with E-state index < -0.39 is 28.5 Å². The highest BCUT2D eigenvalue weighted by molar-refractivity contribution is 9.11. The molecule has 3 aromatic rings. The number of benzene rings is 2. The maximum Gasteiger partial charge on any atom is 0.338 e. The summed E-state index contributed by atoms with van der Waals surface area (Å²) >= 11 is 7.75. The van der Waals surface area contributed by atoms with Gasteiger partial charge in [0, 0.05) is 14.6 Å². The second-order valence-electron chi connectivity index (χ2n) is 5.86. The van der Waals surface area contributed by atoms with Crippen molar-refractivity contribution in [1.29, 1.82) is 0 Å². The summed E-state index contributed by atoms with van der Waals surface area (Å²) in [5, 5.41) is 4.30. The molecule has 0 unspecified atom stereocenters. The van der Waals surface area contributed by atoms with Gasteiger partial charge in [-0.15, -0.1) is 11.3 Å². The van der Waals surface area contributed by atoms with Gasteiger partial charge in [0.25, 0.3) is 15.9 Å². The Balaban J connectivity index is 1.55. The van der Waals surface area contributed by atoms with Crippen molar-refractivity contribution in [1.82, 2.24) is 0 Å². The van der Waals surface area contributed by atoms with E-state index in [9.17, 15) is 18.0 Å². The van der Waals surface area contributed by atoms with Crippen LogP contribution in [-0.2, 0) is 19.6 Å². The molecule has 0 bridgehead atoms. The first-order valence-electron chi connectivity index (χ1n) is 8.33. The summed E-state index contributed by atoms with van der Waals surface area (Å²) in [5.74, 6) is -1.20. The quantitative estimate of drug-likeness (QED) is 0.393. The standard InChI is InChI=1S/C19H14Br2N2O5S2/c20-13-5-8-16(15(21)10-13)22-17(24)11-28-19(25)12-3-6-14(7-4-12)23-30(26,27)18-2-1-9-29-18/h1-10,23H,11H2,(H,22,24). The maximum atomic E-state index is 12.2. The molecule has 30 heavy (non-hydrogen) atoms. The number of hydrogen-bond donors (Lipinski definition) is 2. The first-order chi connectivity index (χ1) is 14.2. The molecule has 2 aromatic carbocycles. The molecule has 0 spiro atoms. The summed E-state index contributed by atoms with van der Waals surface area (Å²) in [6.45, 7) is -0.464. The number of esters is 1. The Bertz CT molecular complexity index is 1160. The molecule has 1 heterocycles. The lowest BCUT2D eigenvalue weighted by atomic mass is 10.2. The number of amides is 1. The summed E-state index contributed by atoms with van der Waals surface area (Å²) in [6.07, 6.45) is 0. The van der Waals surface area contributed by atoms with Crippen LogP contribution in [0.1, 0.15) is 10.4 Å². The molecule has 0 aliphatic rings. The van der Waals surface area contributed by atoms with Gasteiger partial charge in [-0.25, -0.2) is 13.2 Å². The highest BCUT2D eigenvalue weighted by Crippen LogP contribution is 2.26. The number of halogens is 2. The van der Waals surface area contributed by atoms with Crippen LogP contribution in [0.2, 0.25) is 0 Å². The predicted molar refractivity (Wildman–Crippen MR) is 122 cm³/mol. The summed E-state index contributed by atoms with van der Waals surface area (Å²) in [5.41, 5.74) is 1.03. The number of rotatable bonds is 7. The Hall–Kier alpha value is -2.21. The Morgan fingerprint density at radius 2 is 1.77 bits per heavy atom. The number of carbonyl (C=O) groups is 2. The van der Waals surface area contributed by atoms with Gasteiger partial charge in [-0.1, -0.05) is 22.0 Å². The van der Waals surface area contributed by atoms with Crippen LogP contribution in [0.25, 0.3) is 0 Å². The normalized spacial score (nSPS) is 11.0. The smallest absolute Gasteiger partial charge is 0.338 e. The predicted octanol–water partition coefficient (Wildman–Crippen LogP) is 4.87. The minimum Gasteiger partial charge on any atom is -0.452 e. The third kappa shape index (κ3) is 5.91. The van der Waals surface area contributed by atoms with Gasteiger partial charge in [0.05, 0.1) is 11.3 Å². The van der Waals surface area contributed by atoms with E-state index in [1.807, 2.05) is 0 Å². The molecule has 3 rings (SSSR count). The van der Waals surface area contributed by atoms with E-state index in [1.54, 1.807) is 29.6 Å². The molecule has 156 valence electrons. The van der Waals surface area contributed by atoms with Crippen LogP contribution >= 0.6 is 43.2 Å². The Morgan fingerprint density at radius 3 is 2.40 bits per heavy atom. The van der Waals surface area contributed by atoms with Crippen LogP contribution in [-0.4, -0.2) is 26.9 Å².